The molecule has 0 bridgehead atoms. The Bertz CT molecular complexity index is 691. The Balaban J connectivity index is 1.88. The molecule has 4 N–H and O–H groups in total. The van der Waals surface area contributed by atoms with Crippen LogP contribution in [0, 0.1) is 0 Å². The first-order chi connectivity index (χ1) is 12.1. The van der Waals surface area contributed by atoms with Crippen molar-refractivity contribution in [2.24, 2.45) is 0 Å². The van der Waals surface area contributed by atoms with Gasteiger partial charge in [0, 0.05) is 24.7 Å². The van der Waals surface area contributed by atoms with E-state index in [1.165, 1.54) is 0 Å². The minimum Gasteiger partial charge on any atom is -0.382 e. The van der Waals surface area contributed by atoms with E-state index in [0.29, 0.717) is 11.9 Å². The van der Waals surface area contributed by atoms with E-state index in [4.69, 9.17) is 11.5 Å². The van der Waals surface area contributed by atoms with E-state index in [0.717, 1.165) is 56.0 Å². The zero-order valence-electron chi connectivity index (χ0n) is 15.2. The van der Waals surface area contributed by atoms with Crippen LogP contribution in [-0.4, -0.2) is 47.1 Å². The zero-order valence-corrected chi connectivity index (χ0v) is 15.2. The van der Waals surface area contributed by atoms with Crippen LogP contribution in [0.3, 0.4) is 0 Å². The molecular formula is C19H28N6. The Hall–Kier alpha value is -2.34. The van der Waals surface area contributed by atoms with E-state index in [9.17, 15) is 0 Å². The first kappa shape index (κ1) is 17.5. The van der Waals surface area contributed by atoms with E-state index in [2.05, 4.69) is 33.6 Å². The molecule has 1 aromatic carbocycles. The molecule has 1 saturated heterocycles. The molecule has 134 valence electrons. The summed E-state index contributed by atoms with van der Waals surface area (Å²) in [5.41, 5.74) is 14.9. The number of benzene rings is 1. The van der Waals surface area contributed by atoms with Crippen LogP contribution < -0.4 is 16.4 Å². The largest absolute Gasteiger partial charge is 0.382 e. The molecule has 6 heteroatoms. The van der Waals surface area contributed by atoms with Crippen LogP contribution in [0.1, 0.15) is 26.7 Å². The van der Waals surface area contributed by atoms with Gasteiger partial charge in [0.2, 0.25) is 5.95 Å². The van der Waals surface area contributed by atoms with E-state index in [1.807, 2.05) is 30.3 Å². The van der Waals surface area contributed by atoms with Gasteiger partial charge < -0.3 is 21.3 Å². The van der Waals surface area contributed by atoms with Crippen molar-refractivity contribution in [2.75, 3.05) is 42.5 Å². The first-order valence-electron chi connectivity index (χ1n) is 9.11. The monoisotopic (exact) mass is 340 g/mol. The van der Waals surface area contributed by atoms with E-state index in [1.54, 1.807) is 0 Å². The molecule has 1 aliphatic rings. The predicted octanol–water partition coefficient (Wildman–Crippen LogP) is 2.62. The number of piperidine rings is 1. The quantitative estimate of drug-likeness (QED) is 0.870. The summed E-state index contributed by atoms with van der Waals surface area (Å²) >= 11 is 0. The minimum absolute atomic E-state index is 0.220. The summed E-state index contributed by atoms with van der Waals surface area (Å²) in [5.74, 6) is 0.686. The highest BCUT2D eigenvalue weighted by molar-refractivity contribution is 5.83. The third-order valence-electron chi connectivity index (χ3n) is 5.08. The highest BCUT2D eigenvalue weighted by Crippen LogP contribution is 2.35. The van der Waals surface area contributed by atoms with E-state index in [-0.39, 0.29) is 5.95 Å². The lowest BCUT2D eigenvalue weighted by molar-refractivity contribution is 0.186. The Kier molecular flexibility index (Phi) is 5.38. The van der Waals surface area contributed by atoms with Crippen LogP contribution in [0.15, 0.2) is 30.3 Å². The Morgan fingerprint density at radius 1 is 1.04 bits per heavy atom. The molecule has 25 heavy (non-hydrogen) atoms. The van der Waals surface area contributed by atoms with E-state index >= 15 is 0 Å². The van der Waals surface area contributed by atoms with Gasteiger partial charge >= 0.3 is 0 Å². The second kappa shape index (κ2) is 7.70. The normalized spacial score (nSPS) is 15.7. The van der Waals surface area contributed by atoms with Crippen LogP contribution in [-0.2, 0) is 0 Å². The summed E-state index contributed by atoms with van der Waals surface area (Å²) < 4.78 is 0. The van der Waals surface area contributed by atoms with Gasteiger partial charge in [0.1, 0.15) is 11.4 Å². The molecule has 0 amide bonds. The minimum atomic E-state index is 0.220. The van der Waals surface area contributed by atoms with Crippen molar-refractivity contribution in [3.05, 3.63) is 30.3 Å². The SMILES string of the molecule is CCN(CC)C1CCN(c2c(N)nc(N)nc2-c2ccccc2)CC1. The van der Waals surface area contributed by atoms with Gasteiger partial charge in [0.25, 0.3) is 0 Å². The molecule has 0 unspecified atom stereocenters. The standard InChI is InChI=1S/C19H28N6/c1-3-24(4-2)15-10-12-25(13-11-15)17-16(14-8-6-5-7-9-14)22-19(21)23-18(17)20/h5-9,15H,3-4,10-13H2,1-2H3,(H4,20,21,22,23). The maximum atomic E-state index is 6.25. The van der Waals surface area contributed by atoms with Crippen LogP contribution in [0.2, 0.25) is 0 Å². The van der Waals surface area contributed by atoms with Gasteiger partial charge in [-0.1, -0.05) is 44.2 Å². The van der Waals surface area contributed by atoms with Gasteiger partial charge in [-0.15, -0.1) is 0 Å². The lowest BCUT2D eigenvalue weighted by Gasteiger charge is -2.39. The number of hydrogen-bond acceptors (Lipinski definition) is 6. The number of anilines is 3. The fraction of sp³-hybridized carbons (Fsp3) is 0.474. The third-order valence-corrected chi connectivity index (χ3v) is 5.08. The second-order valence-electron chi connectivity index (χ2n) is 6.47. The molecule has 0 spiro atoms. The van der Waals surface area contributed by atoms with Crippen molar-refractivity contribution < 1.29 is 0 Å². The Morgan fingerprint density at radius 3 is 2.28 bits per heavy atom. The highest BCUT2D eigenvalue weighted by atomic mass is 15.2. The molecule has 0 aliphatic carbocycles. The number of nitrogen functional groups attached to an aromatic ring is 2. The molecule has 0 atom stereocenters. The van der Waals surface area contributed by atoms with Gasteiger partial charge in [0.05, 0.1) is 0 Å². The predicted molar refractivity (Wildman–Crippen MR) is 104 cm³/mol. The molecular weight excluding hydrogens is 312 g/mol. The van der Waals surface area contributed by atoms with Gasteiger partial charge in [-0.25, -0.2) is 4.98 Å². The summed E-state index contributed by atoms with van der Waals surface area (Å²) in [6, 6.07) is 10.7. The number of nitrogens with zero attached hydrogens (tertiary/aromatic N) is 4. The first-order valence-corrected chi connectivity index (χ1v) is 9.11. The zero-order chi connectivity index (χ0) is 17.8. The summed E-state index contributed by atoms with van der Waals surface area (Å²) in [4.78, 5) is 13.6. The van der Waals surface area contributed by atoms with E-state index < -0.39 is 0 Å². The Labute approximate surface area is 149 Å². The second-order valence-corrected chi connectivity index (χ2v) is 6.47. The molecule has 2 heterocycles. The maximum Gasteiger partial charge on any atom is 0.222 e. The Morgan fingerprint density at radius 2 is 1.68 bits per heavy atom. The number of nitrogens with two attached hydrogens (primary N) is 2. The van der Waals surface area contributed by atoms with Crippen molar-refractivity contribution in [1.82, 2.24) is 14.9 Å². The van der Waals surface area contributed by atoms with Crippen molar-refractivity contribution in [3.63, 3.8) is 0 Å². The number of hydrogen-bond donors (Lipinski definition) is 2. The number of rotatable bonds is 5. The molecule has 2 aromatic rings. The molecule has 1 aromatic heterocycles. The van der Waals surface area contributed by atoms with Crippen LogP contribution >= 0.6 is 0 Å². The maximum absolute atomic E-state index is 6.25. The number of aromatic nitrogens is 2. The molecule has 0 radical (unpaired) electrons. The molecule has 1 fully saturated rings. The molecule has 0 saturated carbocycles. The van der Waals surface area contributed by atoms with Crippen molar-refractivity contribution in [1.29, 1.82) is 0 Å². The molecule has 1 aliphatic heterocycles. The van der Waals surface area contributed by atoms with Gasteiger partial charge in [-0.3, -0.25) is 0 Å². The summed E-state index contributed by atoms with van der Waals surface area (Å²) in [5, 5.41) is 0. The molecule has 3 rings (SSSR count). The van der Waals surface area contributed by atoms with Crippen molar-refractivity contribution >= 4 is 17.5 Å². The molecule has 6 nitrogen and oxygen atoms in total. The lowest BCUT2D eigenvalue weighted by atomic mass is 10.0. The summed E-state index contributed by atoms with van der Waals surface area (Å²) in [6.45, 7) is 8.58. The summed E-state index contributed by atoms with van der Waals surface area (Å²) in [6.07, 6.45) is 2.25. The third kappa shape index (κ3) is 3.69. The topological polar surface area (TPSA) is 84.3 Å². The van der Waals surface area contributed by atoms with Crippen LogP contribution in [0.5, 0.6) is 0 Å². The fourth-order valence-electron chi connectivity index (χ4n) is 3.79. The average Bonchev–Trinajstić information content (AvgIpc) is 2.64. The van der Waals surface area contributed by atoms with Crippen molar-refractivity contribution in [3.8, 4) is 11.3 Å². The van der Waals surface area contributed by atoms with Crippen LogP contribution in [0.25, 0.3) is 11.3 Å². The lowest BCUT2D eigenvalue weighted by Crippen LogP contribution is -2.45. The van der Waals surface area contributed by atoms with Gasteiger partial charge in [-0.2, -0.15) is 4.98 Å². The highest BCUT2D eigenvalue weighted by Gasteiger charge is 2.27. The summed E-state index contributed by atoms with van der Waals surface area (Å²) in [7, 11) is 0. The average molecular weight is 340 g/mol. The fourth-order valence-corrected chi connectivity index (χ4v) is 3.79. The van der Waals surface area contributed by atoms with Gasteiger partial charge in [0.15, 0.2) is 5.82 Å². The smallest absolute Gasteiger partial charge is 0.222 e. The van der Waals surface area contributed by atoms with Crippen molar-refractivity contribution in [2.45, 2.75) is 32.7 Å². The van der Waals surface area contributed by atoms with Gasteiger partial charge in [-0.05, 0) is 25.9 Å². The van der Waals surface area contributed by atoms with Crippen LogP contribution in [0.4, 0.5) is 17.5 Å².